The predicted molar refractivity (Wildman–Crippen MR) is 123 cm³/mol. The van der Waals surface area contributed by atoms with E-state index in [0.29, 0.717) is 13.2 Å². The van der Waals surface area contributed by atoms with Gasteiger partial charge in [-0.05, 0) is 68.6 Å². The van der Waals surface area contributed by atoms with Crippen molar-refractivity contribution < 1.29 is 14.3 Å². The predicted octanol–water partition coefficient (Wildman–Crippen LogP) is 2.50. The van der Waals surface area contributed by atoms with Crippen molar-refractivity contribution in [1.29, 1.82) is 0 Å². The first-order chi connectivity index (χ1) is 15.7. The molecule has 1 N–H and O–H groups in total. The Morgan fingerprint density at radius 2 is 1.94 bits per heavy atom. The van der Waals surface area contributed by atoms with Crippen LogP contribution in [0.5, 0.6) is 11.5 Å². The molecule has 4 heterocycles. The highest BCUT2D eigenvalue weighted by Crippen LogP contribution is 2.31. The van der Waals surface area contributed by atoms with Crippen LogP contribution in [0, 0.1) is 5.92 Å². The molecule has 0 spiro atoms. The summed E-state index contributed by atoms with van der Waals surface area (Å²) in [6, 6.07) is 12.1. The average molecular weight is 437 g/mol. The first kappa shape index (κ1) is 21.1. The van der Waals surface area contributed by atoms with Crippen molar-refractivity contribution in [2.45, 2.75) is 31.7 Å². The summed E-state index contributed by atoms with van der Waals surface area (Å²) in [7, 11) is 0. The van der Waals surface area contributed by atoms with Crippen LogP contribution < -0.4 is 19.7 Å². The first-order valence-electron chi connectivity index (χ1n) is 11.8. The van der Waals surface area contributed by atoms with Gasteiger partial charge in [0.05, 0.1) is 5.92 Å². The minimum atomic E-state index is -0.00153. The number of benzene rings is 1. The summed E-state index contributed by atoms with van der Waals surface area (Å²) in [5.74, 6) is 2.72. The number of carbonyl (C=O) groups excluding carboxylic acids is 1. The van der Waals surface area contributed by atoms with Gasteiger partial charge in [0, 0.05) is 31.9 Å². The zero-order valence-corrected chi connectivity index (χ0v) is 18.5. The lowest BCUT2D eigenvalue weighted by atomic mass is 10.0. The molecular formula is C25H32N4O3. The van der Waals surface area contributed by atoms with Crippen molar-refractivity contribution in [3.8, 4) is 11.5 Å². The molecule has 2 atom stereocenters. The van der Waals surface area contributed by atoms with E-state index in [2.05, 4.69) is 32.2 Å². The lowest BCUT2D eigenvalue weighted by Gasteiger charge is -2.26. The third kappa shape index (κ3) is 4.99. The summed E-state index contributed by atoms with van der Waals surface area (Å²) in [6.07, 6.45) is 5.94. The number of ether oxygens (including phenoxy) is 2. The molecule has 2 saturated heterocycles. The molecule has 0 radical (unpaired) electrons. The molecule has 170 valence electrons. The van der Waals surface area contributed by atoms with Crippen LogP contribution in [0.15, 0.2) is 42.6 Å². The zero-order chi connectivity index (χ0) is 21.8. The number of nitrogens with one attached hydrogen (secondary N) is 1. The molecule has 7 heteroatoms. The molecule has 7 nitrogen and oxygen atoms in total. The molecule has 0 bridgehead atoms. The highest BCUT2D eigenvalue weighted by atomic mass is 16.6. The van der Waals surface area contributed by atoms with E-state index >= 15 is 0 Å². The molecule has 1 amide bonds. The van der Waals surface area contributed by atoms with Crippen molar-refractivity contribution in [2.24, 2.45) is 5.92 Å². The molecule has 5 rings (SSSR count). The van der Waals surface area contributed by atoms with Crippen molar-refractivity contribution in [1.82, 2.24) is 15.2 Å². The molecule has 1 aromatic heterocycles. The largest absolute Gasteiger partial charge is 0.486 e. The summed E-state index contributed by atoms with van der Waals surface area (Å²) in [5, 5.41) is 3.39. The maximum atomic E-state index is 13.2. The molecule has 3 aliphatic rings. The Morgan fingerprint density at radius 3 is 2.75 bits per heavy atom. The topological polar surface area (TPSA) is 66.9 Å². The van der Waals surface area contributed by atoms with Crippen LogP contribution in [0.4, 0.5) is 5.82 Å². The Bertz CT molecular complexity index is 917. The summed E-state index contributed by atoms with van der Waals surface area (Å²) >= 11 is 0. The number of aromatic nitrogens is 1. The second-order valence-corrected chi connectivity index (χ2v) is 9.01. The van der Waals surface area contributed by atoms with Crippen LogP contribution in [0.2, 0.25) is 0 Å². The Kier molecular flexibility index (Phi) is 6.44. The van der Waals surface area contributed by atoms with E-state index in [0.717, 1.165) is 62.9 Å². The third-order valence-electron chi connectivity index (χ3n) is 6.64. The highest BCUT2D eigenvalue weighted by molar-refractivity contribution is 5.80. The van der Waals surface area contributed by atoms with Gasteiger partial charge in [0.15, 0.2) is 11.5 Å². The van der Waals surface area contributed by atoms with Gasteiger partial charge < -0.3 is 24.6 Å². The lowest BCUT2D eigenvalue weighted by molar-refractivity contribution is -0.125. The number of rotatable bonds is 7. The Hall–Kier alpha value is -2.80. The van der Waals surface area contributed by atoms with E-state index in [1.807, 2.05) is 30.5 Å². The monoisotopic (exact) mass is 436 g/mol. The second-order valence-electron chi connectivity index (χ2n) is 9.01. The van der Waals surface area contributed by atoms with E-state index in [1.165, 1.54) is 18.4 Å². The molecule has 3 aliphatic heterocycles. The molecule has 1 aromatic carbocycles. The summed E-state index contributed by atoms with van der Waals surface area (Å²) < 4.78 is 11.4. The maximum Gasteiger partial charge on any atom is 0.225 e. The number of pyridine rings is 1. The van der Waals surface area contributed by atoms with Crippen LogP contribution in [0.3, 0.4) is 0 Å². The molecule has 32 heavy (non-hydrogen) atoms. The number of carbonyl (C=O) groups is 1. The van der Waals surface area contributed by atoms with Gasteiger partial charge in [-0.2, -0.15) is 0 Å². The summed E-state index contributed by atoms with van der Waals surface area (Å²) in [4.78, 5) is 22.3. The third-order valence-corrected chi connectivity index (χ3v) is 6.64. The molecule has 2 aromatic rings. The zero-order valence-electron chi connectivity index (χ0n) is 18.5. The van der Waals surface area contributed by atoms with E-state index < -0.39 is 0 Å². The van der Waals surface area contributed by atoms with Gasteiger partial charge in [-0.3, -0.25) is 4.79 Å². The second kappa shape index (κ2) is 9.77. The molecule has 0 unspecified atom stereocenters. The number of anilines is 1. The Balaban J connectivity index is 1.24. The van der Waals surface area contributed by atoms with Gasteiger partial charge >= 0.3 is 0 Å². The van der Waals surface area contributed by atoms with E-state index in [-0.39, 0.29) is 17.9 Å². The van der Waals surface area contributed by atoms with Gasteiger partial charge in [-0.15, -0.1) is 0 Å². The number of hydrogen-bond acceptors (Lipinski definition) is 6. The van der Waals surface area contributed by atoms with Gasteiger partial charge in [0.25, 0.3) is 0 Å². The van der Waals surface area contributed by atoms with Crippen LogP contribution >= 0.6 is 0 Å². The van der Waals surface area contributed by atoms with Crippen LogP contribution in [-0.2, 0) is 11.2 Å². The quantitative estimate of drug-likeness (QED) is 0.720. The number of fused-ring (bicyclic) bond motifs is 1. The van der Waals surface area contributed by atoms with Crippen LogP contribution in [-0.4, -0.2) is 67.8 Å². The fourth-order valence-electron chi connectivity index (χ4n) is 4.98. The standard InChI is InChI=1S/C25H32N4O3/c30-25(20-8-12-29(17-20)24-5-1-2-9-26-24)27-21(18-28-10-3-4-11-28)15-19-6-7-22-23(16-19)32-14-13-31-22/h1-2,5-7,9,16,20-21H,3-4,8,10-15,17-18H2,(H,27,30)/t20-,21-/m0/s1. The summed E-state index contributed by atoms with van der Waals surface area (Å²) in [6.45, 7) is 5.89. The molecule has 0 saturated carbocycles. The molecular weight excluding hydrogens is 404 g/mol. The van der Waals surface area contributed by atoms with Gasteiger partial charge in [-0.1, -0.05) is 12.1 Å². The molecule has 2 fully saturated rings. The van der Waals surface area contributed by atoms with Crippen molar-refractivity contribution in [2.75, 3.05) is 50.8 Å². The fourth-order valence-corrected chi connectivity index (χ4v) is 4.98. The number of amides is 1. The van der Waals surface area contributed by atoms with E-state index in [9.17, 15) is 4.79 Å². The SMILES string of the molecule is O=C(N[C@@H](Cc1ccc2c(c1)OCCO2)CN1CCCC1)[C@H]1CCN(c2ccccn2)C1. The van der Waals surface area contributed by atoms with Gasteiger partial charge in [0.2, 0.25) is 5.91 Å². The minimum Gasteiger partial charge on any atom is -0.486 e. The van der Waals surface area contributed by atoms with Crippen molar-refractivity contribution in [3.63, 3.8) is 0 Å². The lowest BCUT2D eigenvalue weighted by Crippen LogP contribution is -2.46. The Morgan fingerprint density at radius 1 is 1.09 bits per heavy atom. The molecule has 0 aliphatic carbocycles. The van der Waals surface area contributed by atoms with Gasteiger partial charge in [-0.25, -0.2) is 4.98 Å². The first-order valence-corrected chi connectivity index (χ1v) is 11.8. The maximum absolute atomic E-state index is 13.2. The Labute approximate surface area is 189 Å². The van der Waals surface area contributed by atoms with E-state index in [1.54, 1.807) is 0 Å². The average Bonchev–Trinajstić information content (AvgIpc) is 3.52. The van der Waals surface area contributed by atoms with E-state index in [4.69, 9.17) is 9.47 Å². The number of nitrogens with zero attached hydrogens (tertiary/aromatic N) is 3. The van der Waals surface area contributed by atoms with Crippen LogP contribution in [0.1, 0.15) is 24.8 Å². The van der Waals surface area contributed by atoms with Gasteiger partial charge in [0.1, 0.15) is 19.0 Å². The minimum absolute atomic E-state index is 0.00153. The number of likely N-dealkylation sites (tertiary alicyclic amines) is 1. The normalized spacial score (nSPS) is 21.5. The fraction of sp³-hybridized carbons (Fsp3) is 0.520. The van der Waals surface area contributed by atoms with Crippen molar-refractivity contribution >= 4 is 11.7 Å². The number of hydrogen-bond donors (Lipinski definition) is 1. The smallest absolute Gasteiger partial charge is 0.225 e. The summed E-state index contributed by atoms with van der Waals surface area (Å²) in [5.41, 5.74) is 1.17. The van der Waals surface area contributed by atoms with Crippen molar-refractivity contribution in [3.05, 3.63) is 48.2 Å². The highest BCUT2D eigenvalue weighted by Gasteiger charge is 2.31. The van der Waals surface area contributed by atoms with Crippen LogP contribution in [0.25, 0.3) is 0 Å².